The first-order valence-electron chi connectivity index (χ1n) is 8.06. The van der Waals surface area contributed by atoms with E-state index in [0.717, 1.165) is 5.56 Å². The monoisotopic (exact) mass is 376 g/mol. The van der Waals surface area contributed by atoms with Gasteiger partial charge in [0.2, 0.25) is 0 Å². The summed E-state index contributed by atoms with van der Waals surface area (Å²) in [6.07, 6.45) is 0. The smallest absolute Gasteiger partial charge is 0.198 e. The second-order valence-corrected chi connectivity index (χ2v) is 6.68. The fraction of sp³-hybridized carbons (Fsp3) is 0. The minimum absolute atomic E-state index is 0.167. The van der Waals surface area contributed by atoms with E-state index in [-0.39, 0.29) is 5.78 Å². The Balaban J connectivity index is 2.07. The molecule has 126 valence electrons. The first-order chi connectivity index (χ1) is 12.6. The summed E-state index contributed by atoms with van der Waals surface area (Å²) in [7, 11) is 0. The number of fused-ring (bicyclic) bond motifs is 1. The molecule has 0 aliphatic rings. The van der Waals surface area contributed by atoms with Gasteiger partial charge in [-0.3, -0.25) is 4.79 Å². The van der Waals surface area contributed by atoms with Gasteiger partial charge in [-0.1, -0.05) is 84.5 Å². The van der Waals surface area contributed by atoms with Crippen molar-refractivity contribution >= 4 is 40.6 Å². The second kappa shape index (κ2) is 6.87. The lowest BCUT2D eigenvalue weighted by atomic mass is 9.98. The summed E-state index contributed by atoms with van der Waals surface area (Å²) in [5.41, 5.74) is 2.34. The maximum atomic E-state index is 13.2. The van der Waals surface area contributed by atoms with E-state index < -0.39 is 0 Å². The van der Waals surface area contributed by atoms with Gasteiger partial charge in [0.05, 0.1) is 10.1 Å². The molecule has 0 radical (unpaired) electrons. The van der Waals surface area contributed by atoms with Crippen LogP contribution in [-0.4, -0.2) is 5.78 Å². The molecule has 4 rings (SSSR count). The molecule has 0 aliphatic carbocycles. The number of rotatable bonds is 3. The van der Waals surface area contributed by atoms with Gasteiger partial charge in [0, 0.05) is 21.5 Å². The molecule has 4 heteroatoms. The Morgan fingerprint density at radius 2 is 1.54 bits per heavy atom. The van der Waals surface area contributed by atoms with Gasteiger partial charge < -0.3 is 4.42 Å². The van der Waals surface area contributed by atoms with Crippen molar-refractivity contribution < 1.29 is 9.21 Å². The molecule has 26 heavy (non-hydrogen) atoms. The Morgan fingerprint density at radius 1 is 0.885 bits per heavy atom. The Hall–Kier alpha value is -2.75. The van der Waals surface area contributed by atoms with E-state index in [0.29, 0.717) is 37.4 Å². The molecule has 4 aromatic rings. The van der Waals surface area contributed by atoms with Crippen LogP contribution >= 0.6 is 23.8 Å². The number of hydrogen-bond acceptors (Lipinski definition) is 3. The predicted molar refractivity (Wildman–Crippen MR) is 107 cm³/mol. The minimum atomic E-state index is -0.167. The van der Waals surface area contributed by atoms with Crippen LogP contribution in [0, 0.1) is 4.51 Å². The summed E-state index contributed by atoms with van der Waals surface area (Å²) in [4.78, 5) is 13.2. The molecule has 2 nitrogen and oxygen atoms in total. The lowest BCUT2D eigenvalue weighted by molar-refractivity contribution is 0.103. The van der Waals surface area contributed by atoms with E-state index in [1.54, 1.807) is 30.3 Å². The van der Waals surface area contributed by atoms with E-state index in [1.807, 2.05) is 48.5 Å². The lowest BCUT2D eigenvalue weighted by Crippen LogP contribution is -2.05. The molecule has 0 bridgehead atoms. The highest BCUT2D eigenvalue weighted by molar-refractivity contribution is 7.71. The normalized spacial score (nSPS) is 10.8. The fourth-order valence-electron chi connectivity index (χ4n) is 2.90. The molecule has 1 heterocycles. The van der Waals surface area contributed by atoms with Crippen LogP contribution in [0.3, 0.4) is 0 Å². The van der Waals surface area contributed by atoms with Gasteiger partial charge in [0.1, 0.15) is 11.3 Å². The van der Waals surface area contributed by atoms with Crippen molar-refractivity contribution in [3.05, 3.63) is 99.5 Å². The maximum Gasteiger partial charge on any atom is 0.198 e. The van der Waals surface area contributed by atoms with Crippen LogP contribution in [0.1, 0.15) is 15.9 Å². The van der Waals surface area contributed by atoms with Crippen molar-refractivity contribution in [1.29, 1.82) is 0 Å². The maximum absolute atomic E-state index is 13.2. The molecular weight excluding hydrogens is 364 g/mol. The molecule has 0 saturated carbocycles. The van der Waals surface area contributed by atoms with Gasteiger partial charge in [-0.05, 0) is 18.2 Å². The van der Waals surface area contributed by atoms with Crippen LogP contribution < -0.4 is 0 Å². The molecule has 0 amide bonds. The predicted octanol–water partition coefficient (Wildman–Crippen LogP) is 6.71. The van der Waals surface area contributed by atoms with E-state index >= 15 is 0 Å². The van der Waals surface area contributed by atoms with E-state index in [1.165, 1.54) is 0 Å². The van der Waals surface area contributed by atoms with Crippen LogP contribution in [0.5, 0.6) is 0 Å². The first kappa shape index (κ1) is 16.7. The van der Waals surface area contributed by atoms with Crippen molar-refractivity contribution in [2.24, 2.45) is 0 Å². The van der Waals surface area contributed by atoms with E-state index in [9.17, 15) is 4.79 Å². The fourth-order valence-corrected chi connectivity index (χ4v) is 3.42. The zero-order chi connectivity index (χ0) is 18.1. The van der Waals surface area contributed by atoms with Crippen molar-refractivity contribution in [2.75, 3.05) is 0 Å². The zero-order valence-corrected chi connectivity index (χ0v) is 15.2. The number of carbonyl (C=O) groups excluding carboxylic acids is 1. The van der Waals surface area contributed by atoms with Crippen molar-refractivity contribution in [3.63, 3.8) is 0 Å². The van der Waals surface area contributed by atoms with Gasteiger partial charge in [0.15, 0.2) is 5.78 Å². The molecule has 0 aliphatic heterocycles. The number of hydrogen-bond donors (Lipinski definition) is 0. The highest BCUT2D eigenvalue weighted by Gasteiger charge is 2.21. The van der Waals surface area contributed by atoms with Crippen molar-refractivity contribution in [3.8, 4) is 11.3 Å². The Kier molecular flexibility index (Phi) is 4.41. The molecule has 1 aromatic heterocycles. The number of carbonyl (C=O) groups is 1. The Morgan fingerprint density at radius 3 is 2.23 bits per heavy atom. The molecule has 0 N–H and O–H groups in total. The van der Waals surface area contributed by atoms with Gasteiger partial charge in [-0.25, -0.2) is 0 Å². The number of benzene rings is 3. The molecule has 0 saturated heterocycles. The van der Waals surface area contributed by atoms with Gasteiger partial charge in [-0.2, -0.15) is 0 Å². The van der Waals surface area contributed by atoms with E-state index in [4.69, 9.17) is 28.2 Å². The molecular formula is C22H13ClO2S. The van der Waals surface area contributed by atoms with Crippen LogP contribution in [0.2, 0.25) is 5.02 Å². The van der Waals surface area contributed by atoms with Crippen molar-refractivity contribution in [2.45, 2.75) is 0 Å². The quantitative estimate of drug-likeness (QED) is 0.294. The SMILES string of the molecule is O=C(c1ccccc1)c1c(-c2ccccc2)oc2ccc(Cl)cc2c1=S. The number of halogens is 1. The number of ketones is 1. The standard InChI is InChI=1S/C22H13ClO2S/c23-16-11-12-18-17(13-16)22(26)19(20(24)14-7-3-1-4-8-14)21(25-18)15-9-5-2-6-10-15/h1-13H. The summed E-state index contributed by atoms with van der Waals surface area (Å²) in [6, 6.07) is 23.8. The highest BCUT2D eigenvalue weighted by Crippen LogP contribution is 2.33. The summed E-state index contributed by atoms with van der Waals surface area (Å²) in [5, 5.41) is 1.20. The topological polar surface area (TPSA) is 30.2 Å². The Labute approximate surface area is 160 Å². The minimum Gasteiger partial charge on any atom is -0.455 e. The van der Waals surface area contributed by atoms with Crippen LogP contribution in [0.15, 0.2) is 83.3 Å². The summed E-state index contributed by atoms with van der Waals surface area (Å²) >= 11 is 11.8. The summed E-state index contributed by atoms with van der Waals surface area (Å²) in [6.45, 7) is 0. The van der Waals surface area contributed by atoms with Crippen molar-refractivity contribution in [1.82, 2.24) is 0 Å². The molecule has 0 unspecified atom stereocenters. The molecule has 0 spiro atoms. The average Bonchev–Trinajstić information content (AvgIpc) is 2.69. The van der Waals surface area contributed by atoms with Gasteiger partial charge >= 0.3 is 0 Å². The second-order valence-electron chi connectivity index (χ2n) is 5.84. The van der Waals surface area contributed by atoms with E-state index in [2.05, 4.69) is 0 Å². The lowest BCUT2D eigenvalue weighted by Gasteiger charge is -2.11. The first-order valence-corrected chi connectivity index (χ1v) is 8.85. The van der Waals surface area contributed by atoms with Gasteiger partial charge in [-0.15, -0.1) is 0 Å². The van der Waals surface area contributed by atoms with Crippen LogP contribution in [0.25, 0.3) is 22.3 Å². The molecule has 0 atom stereocenters. The third kappa shape index (κ3) is 2.96. The largest absolute Gasteiger partial charge is 0.455 e. The zero-order valence-electron chi connectivity index (χ0n) is 13.6. The third-order valence-corrected chi connectivity index (χ3v) is 4.81. The van der Waals surface area contributed by atoms with Crippen LogP contribution in [-0.2, 0) is 0 Å². The highest BCUT2D eigenvalue weighted by atomic mass is 35.5. The summed E-state index contributed by atoms with van der Waals surface area (Å²) in [5.74, 6) is 0.305. The van der Waals surface area contributed by atoms with Crippen LogP contribution in [0.4, 0.5) is 0 Å². The molecule has 0 fully saturated rings. The average molecular weight is 377 g/mol. The molecule has 3 aromatic carbocycles. The summed E-state index contributed by atoms with van der Waals surface area (Å²) < 4.78 is 6.56. The third-order valence-electron chi connectivity index (χ3n) is 4.15. The van der Waals surface area contributed by atoms with Gasteiger partial charge in [0.25, 0.3) is 0 Å². The Bertz CT molecular complexity index is 1170.